The van der Waals surface area contributed by atoms with Crippen molar-refractivity contribution >= 4 is 68.3 Å². The minimum absolute atomic E-state index is 0.00334. The molecule has 2 N–H and O–H groups in total. The maximum absolute atomic E-state index is 15.4. The van der Waals surface area contributed by atoms with Crippen LogP contribution < -0.4 is 19.8 Å². The van der Waals surface area contributed by atoms with Gasteiger partial charge in [-0.3, -0.25) is 9.78 Å². The lowest BCUT2D eigenvalue weighted by Crippen LogP contribution is -2.43. The molecule has 8 rings (SSSR count). The number of hydrogen-bond donors (Lipinski definition) is 2. The molecule has 0 saturated heterocycles. The number of aromatic nitrogens is 3. The summed E-state index contributed by atoms with van der Waals surface area (Å²) < 4.78 is 15.9. The van der Waals surface area contributed by atoms with E-state index in [0.29, 0.717) is 64.7 Å². The minimum atomic E-state index is -1.10. The molecule has 0 radical (unpaired) electrons. The molecule has 0 fully saturated rings. The van der Waals surface area contributed by atoms with E-state index in [1.165, 1.54) is 0 Å². The Morgan fingerprint density at radius 2 is 1.77 bits per heavy atom. The topological polar surface area (TPSA) is 123 Å². The van der Waals surface area contributed by atoms with Crippen molar-refractivity contribution in [2.75, 3.05) is 25.2 Å². The predicted octanol–water partition coefficient (Wildman–Crippen LogP) is 9.35. The number of nitrogens with zero attached hydrogens (tertiary/aromatic N) is 5. The smallest absolute Gasteiger partial charge is 0.352 e. The van der Waals surface area contributed by atoms with E-state index in [2.05, 4.69) is 33.9 Å². The highest BCUT2D eigenvalue weighted by Crippen LogP contribution is 2.45. The van der Waals surface area contributed by atoms with Crippen LogP contribution in [0.3, 0.4) is 0 Å². The van der Waals surface area contributed by atoms with Crippen LogP contribution in [0, 0.1) is 13.8 Å². The summed E-state index contributed by atoms with van der Waals surface area (Å²) in [5.74, 6) is -0.133. The van der Waals surface area contributed by atoms with Gasteiger partial charge >= 0.3 is 5.97 Å². The van der Waals surface area contributed by atoms with Gasteiger partial charge in [0, 0.05) is 56.8 Å². The Morgan fingerprint density at radius 1 is 1.00 bits per heavy atom. The summed E-state index contributed by atoms with van der Waals surface area (Å²) in [6.07, 6.45) is 2.87. The summed E-state index contributed by atoms with van der Waals surface area (Å²) in [6, 6.07) is 18.4. The summed E-state index contributed by atoms with van der Waals surface area (Å²) in [5, 5.41) is 17.9. The van der Waals surface area contributed by atoms with Gasteiger partial charge < -0.3 is 34.0 Å². The molecule has 11 nitrogen and oxygen atoms in total. The third-order valence-electron chi connectivity index (χ3n) is 11.3. The number of pyridine rings is 1. The number of methoxy groups -OCH3 is 1. The van der Waals surface area contributed by atoms with Gasteiger partial charge in [0.1, 0.15) is 22.9 Å². The number of ether oxygens (including phenoxy) is 2. The van der Waals surface area contributed by atoms with Crippen molar-refractivity contribution in [1.82, 2.24) is 19.5 Å². The maximum Gasteiger partial charge on any atom is 0.352 e. The lowest BCUT2D eigenvalue weighted by molar-refractivity contribution is 0.0686. The normalized spacial score (nSPS) is 17.9. The average Bonchev–Trinajstić information content (AvgIpc) is 3.85. The van der Waals surface area contributed by atoms with Gasteiger partial charge in [-0.05, 0) is 113 Å². The first-order valence-corrected chi connectivity index (χ1v) is 19.8. The van der Waals surface area contributed by atoms with Crippen LogP contribution in [0.15, 0.2) is 72.0 Å². The Kier molecular flexibility index (Phi) is 10.2. The minimum Gasteiger partial charge on any atom is -0.496 e. The number of fused-ring (bicyclic) bond motifs is 4. The molecule has 0 bridgehead atoms. The van der Waals surface area contributed by atoms with Crippen molar-refractivity contribution in [3.8, 4) is 11.5 Å². The number of hydrogen-bond acceptors (Lipinski definition) is 7. The monoisotopic (exact) mass is 806 g/mol. The lowest BCUT2D eigenvalue weighted by atomic mass is 9.88. The van der Waals surface area contributed by atoms with Crippen LogP contribution >= 0.6 is 23.2 Å². The summed E-state index contributed by atoms with van der Waals surface area (Å²) in [5.41, 5.74) is 11.3. The van der Waals surface area contributed by atoms with Crippen LogP contribution in [0.1, 0.15) is 88.1 Å². The second-order valence-electron chi connectivity index (χ2n) is 15.1. The third kappa shape index (κ3) is 6.56. The van der Waals surface area contributed by atoms with E-state index in [1.807, 2.05) is 69.3 Å². The highest BCUT2D eigenvalue weighted by atomic mass is 35.5. The molecule has 0 aliphatic carbocycles. The average molecular weight is 808 g/mol. The van der Waals surface area contributed by atoms with Crippen LogP contribution in [0.5, 0.6) is 11.5 Å². The number of aromatic carboxylic acids is 1. The van der Waals surface area contributed by atoms with Crippen LogP contribution in [-0.2, 0) is 13.0 Å². The fourth-order valence-corrected chi connectivity index (χ4v) is 9.16. The summed E-state index contributed by atoms with van der Waals surface area (Å²) in [4.78, 5) is 34.4. The van der Waals surface area contributed by atoms with Gasteiger partial charge in [0.25, 0.3) is 5.91 Å². The molecule has 294 valence electrons. The molecular formula is C44H44Cl2N6O5. The first-order valence-electron chi connectivity index (χ1n) is 19.1. The zero-order chi connectivity index (χ0) is 40.3. The Balaban J connectivity index is 1.28. The molecule has 3 aromatic heterocycles. The molecule has 2 aliphatic rings. The molecule has 1 amide bonds. The first kappa shape index (κ1) is 38.4. The number of carbonyl (C=O) groups is 2. The number of nitrogens with one attached hydrogen (secondary N) is 1. The van der Waals surface area contributed by atoms with E-state index in [1.54, 1.807) is 34.9 Å². The van der Waals surface area contributed by atoms with Gasteiger partial charge in [-0.25, -0.2) is 4.79 Å². The highest BCUT2D eigenvalue weighted by Gasteiger charge is 2.40. The fraction of sp³-hybridized carbons (Fsp3) is 0.318. The summed E-state index contributed by atoms with van der Waals surface area (Å²) in [7, 11) is 1.55. The van der Waals surface area contributed by atoms with Crippen LogP contribution in [0.25, 0.3) is 21.8 Å². The highest BCUT2D eigenvalue weighted by molar-refractivity contribution is 6.33. The van der Waals surface area contributed by atoms with Crippen LogP contribution in [-0.4, -0.2) is 63.1 Å². The third-order valence-corrected chi connectivity index (χ3v) is 12.2. The van der Waals surface area contributed by atoms with Gasteiger partial charge in [0.2, 0.25) is 0 Å². The van der Waals surface area contributed by atoms with Crippen molar-refractivity contribution in [3.05, 3.63) is 116 Å². The van der Waals surface area contributed by atoms with Crippen molar-refractivity contribution in [1.29, 1.82) is 0 Å². The second-order valence-corrected chi connectivity index (χ2v) is 15.9. The van der Waals surface area contributed by atoms with Crippen molar-refractivity contribution in [3.63, 3.8) is 0 Å². The van der Waals surface area contributed by atoms with Gasteiger partial charge in [-0.15, -0.1) is 0 Å². The molecule has 6 aromatic rings. The van der Waals surface area contributed by atoms with Gasteiger partial charge in [-0.1, -0.05) is 35.3 Å². The maximum atomic E-state index is 15.4. The number of carbonyl (C=O) groups excluding carboxylic acids is 1. The number of carboxylic acids is 1. The predicted molar refractivity (Wildman–Crippen MR) is 225 cm³/mol. The molecule has 0 unspecified atom stereocenters. The van der Waals surface area contributed by atoms with Gasteiger partial charge in [0.05, 0.1) is 48.7 Å². The first-order chi connectivity index (χ1) is 27.4. The Hall–Kier alpha value is -5.52. The van der Waals surface area contributed by atoms with E-state index in [9.17, 15) is 9.90 Å². The van der Waals surface area contributed by atoms with Crippen LogP contribution in [0.4, 0.5) is 5.69 Å². The van der Waals surface area contributed by atoms with Crippen molar-refractivity contribution < 1.29 is 24.2 Å². The van der Waals surface area contributed by atoms with E-state index < -0.39 is 5.97 Å². The number of rotatable bonds is 11. The van der Waals surface area contributed by atoms with Crippen LogP contribution in [0.2, 0.25) is 10.0 Å². The standard InChI is InChI=1S/C44H44Cl2N6O5/c1-23-18-29(19-24(2)39(23)46)57-17-9-11-30-31-12-13-33(45)38(37-26(4)48-49-27(37)5)41(31)52-25(3)21-51(43(53)42(30)52)34-14-15-36(56-6)32-20-35(44(54)55)50(40(32)34)22-28-10-7-8-16-47-28/h7-8,10,12-16,18-20,25-26,37,48H,9,11,17,21-22H2,1-6H3,(H,54,55)/t25-,26-,37-/m1/s1. The summed E-state index contributed by atoms with van der Waals surface area (Å²) >= 11 is 13.6. The number of aryl methyl sites for hydroxylation is 3. The van der Waals surface area contributed by atoms with E-state index >= 15 is 4.79 Å². The lowest BCUT2D eigenvalue weighted by Gasteiger charge is -2.35. The Morgan fingerprint density at radius 3 is 2.44 bits per heavy atom. The molecule has 13 heteroatoms. The van der Waals surface area contributed by atoms with Gasteiger partial charge in [-0.2, -0.15) is 5.10 Å². The molecule has 0 saturated carbocycles. The van der Waals surface area contributed by atoms with Crippen molar-refractivity contribution in [2.24, 2.45) is 5.10 Å². The molecule has 2 aliphatic heterocycles. The molecule has 3 atom stereocenters. The quantitative estimate of drug-likeness (QED) is 0.125. The Bertz CT molecular complexity index is 2590. The largest absolute Gasteiger partial charge is 0.496 e. The number of carboxylic acid groups (broad SMARTS) is 1. The molecule has 0 spiro atoms. The zero-order valence-electron chi connectivity index (χ0n) is 32.7. The van der Waals surface area contributed by atoms with Crippen molar-refractivity contribution in [2.45, 2.75) is 72.0 Å². The molecule has 5 heterocycles. The van der Waals surface area contributed by atoms with E-state index in [0.717, 1.165) is 49.6 Å². The van der Waals surface area contributed by atoms with E-state index in [-0.39, 0.29) is 36.1 Å². The SMILES string of the molecule is COc1ccc(N2C[C@@H](C)n3c(c(CCCOc4cc(C)c(Cl)c(C)c4)c4ccc(Cl)c([C@H]5C(C)=NN[C@@H]5C)c43)C2=O)c2c1cc(C(=O)O)n2Cc1ccccn1. The number of amides is 1. The number of benzene rings is 3. The number of halogens is 2. The van der Waals surface area contributed by atoms with E-state index in [4.69, 9.17) is 32.7 Å². The number of anilines is 1. The molecule has 3 aromatic carbocycles. The molecular weight excluding hydrogens is 763 g/mol. The second kappa shape index (κ2) is 15.1. The number of hydrazone groups is 1. The van der Waals surface area contributed by atoms with Gasteiger partial charge in [0.15, 0.2) is 0 Å². The Labute approximate surface area is 340 Å². The molecule has 57 heavy (non-hydrogen) atoms. The fourth-order valence-electron chi connectivity index (χ4n) is 8.78. The summed E-state index contributed by atoms with van der Waals surface area (Å²) in [6.45, 7) is 11.1. The zero-order valence-corrected chi connectivity index (χ0v) is 34.2.